The molecule has 4 aliphatic rings. The minimum absolute atomic E-state index is 0.409. The highest BCUT2D eigenvalue weighted by Crippen LogP contribution is 2.48. The lowest BCUT2D eigenvalue weighted by Crippen LogP contribution is -2.32. The molecule has 10 nitrogen and oxygen atoms in total. The van der Waals surface area contributed by atoms with Crippen LogP contribution in [0.15, 0.2) is 0 Å². The molecule has 2 saturated carbocycles. The number of hydrogen-bond acceptors (Lipinski definition) is 8. The molecule has 2 aliphatic carbocycles. The van der Waals surface area contributed by atoms with Crippen molar-refractivity contribution < 1.29 is 9.47 Å². The first-order valence-corrected chi connectivity index (χ1v) is 22.2. The standard InChI is InChI=1S/2C22H40N4O/c2*1-5-22(17-27-6-2)11-9-18(10-12-22)21-19(16-25(4)15-13-23-3)24-26-14-7-8-20(21)26/h2*18,23H,5-17H2,1-4H3. The monoisotopic (exact) mass is 753 g/mol. The molecule has 4 heterocycles. The van der Waals surface area contributed by atoms with Crippen LogP contribution >= 0.6 is 0 Å². The molecule has 308 valence electrons. The van der Waals surface area contributed by atoms with Crippen LogP contribution in [0.3, 0.4) is 0 Å². The van der Waals surface area contributed by atoms with E-state index in [0.29, 0.717) is 22.7 Å². The first kappa shape index (κ1) is 43.3. The van der Waals surface area contributed by atoms with E-state index < -0.39 is 0 Å². The number of ether oxygens (including phenoxy) is 2. The fourth-order valence-electron chi connectivity index (χ4n) is 10.1. The summed E-state index contributed by atoms with van der Waals surface area (Å²) in [7, 11) is 8.48. The maximum atomic E-state index is 5.85. The second-order valence-electron chi connectivity index (χ2n) is 17.5. The SMILES string of the molecule is CCOCC1(CC)CCC(c2c(CN(C)CCNC)nn3c2CCC3)CC1.CCOCC1(CC)CCC(c2c(CN(C)CCNC)nn3c2CCC3)CC1. The van der Waals surface area contributed by atoms with Crippen molar-refractivity contribution in [2.45, 2.75) is 156 Å². The van der Waals surface area contributed by atoms with Gasteiger partial charge in [-0.05, 0) is 155 Å². The summed E-state index contributed by atoms with van der Waals surface area (Å²) in [6, 6.07) is 0. The first-order chi connectivity index (χ1) is 26.2. The second-order valence-corrected chi connectivity index (χ2v) is 17.5. The molecule has 0 saturated heterocycles. The zero-order chi connectivity index (χ0) is 38.6. The van der Waals surface area contributed by atoms with Crippen LogP contribution in [-0.4, -0.2) is 110 Å². The third kappa shape index (κ3) is 10.8. The summed E-state index contributed by atoms with van der Waals surface area (Å²) in [5.41, 5.74) is 9.84. The highest BCUT2D eigenvalue weighted by Gasteiger charge is 2.39. The molecule has 2 aliphatic heterocycles. The fraction of sp³-hybridized carbons (Fsp3) is 0.864. The Labute approximate surface area is 329 Å². The molecule has 0 unspecified atom stereocenters. The Balaban J connectivity index is 0.000000208. The number of aryl methyl sites for hydroxylation is 2. The van der Waals surface area contributed by atoms with Gasteiger partial charge in [-0.3, -0.25) is 19.2 Å². The van der Waals surface area contributed by atoms with Crippen molar-refractivity contribution in [2.24, 2.45) is 10.8 Å². The number of likely N-dealkylation sites (N-methyl/N-ethyl adjacent to an activating group) is 4. The third-order valence-electron chi connectivity index (χ3n) is 13.9. The molecule has 2 aromatic rings. The molecule has 0 spiro atoms. The van der Waals surface area contributed by atoms with Crippen LogP contribution in [0.1, 0.15) is 150 Å². The van der Waals surface area contributed by atoms with Gasteiger partial charge in [0.25, 0.3) is 0 Å². The van der Waals surface area contributed by atoms with E-state index in [1.165, 1.54) is 101 Å². The van der Waals surface area contributed by atoms with Gasteiger partial charge in [-0.15, -0.1) is 0 Å². The number of aromatic nitrogens is 4. The first-order valence-electron chi connectivity index (χ1n) is 22.2. The van der Waals surface area contributed by atoms with Crippen molar-refractivity contribution in [2.75, 3.05) is 80.8 Å². The molecule has 0 amide bonds. The lowest BCUT2D eigenvalue weighted by atomic mass is 9.67. The number of rotatable bonds is 20. The smallest absolute Gasteiger partial charge is 0.0802 e. The van der Waals surface area contributed by atoms with Crippen LogP contribution in [0, 0.1) is 10.8 Å². The highest BCUT2D eigenvalue weighted by atomic mass is 16.5. The van der Waals surface area contributed by atoms with Crippen LogP contribution in [0.5, 0.6) is 0 Å². The van der Waals surface area contributed by atoms with E-state index in [4.69, 9.17) is 19.7 Å². The Hall–Kier alpha value is -1.82. The molecule has 6 rings (SSSR count). The Morgan fingerprint density at radius 3 is 1.37 bits per heavy atom. The average molecular weight is 753 g/mol. The van der Waals surface area contributed by atoms with Crippen molar-refractivity contribution in [1.29, 1.82) is 0 Å². The fourth-order valence-corrected chi connectivity index (χ4v) is 10.1. The summed E-state index contributed by atoms with van der Waals surface area (Å²) < 4.78 is 16.3. The van der Waals surface area contributed by atoms with E-state index in [9.17, 15) is 0 Å². The van der Waals surface area contributed by atoms with Crippen LogP contribution < -0.4 is 10.6 Å². The van der Waals surface area contributed by atoms with Crippen molar-refractivity contribution in [3.8, 4) is 0 Å². The highest BCUT2D eigenvalue weighted by molar-refractivity contribution is 5.34. The lowest BCUT2D eigenvalue weighted by molar-refractivity contribution is 0.0192. The van der Waals surface area contributed by atoms with Crippen molar-refractivity contribution in [3.05, 3.63) is 33.9 Å². The Morgan fingerprint density at radius 2 is 1.04 bits per heavy atom. The van der Waals surface area contributed by atoms with Gasteiger partial charge < -0.3 is 20.1 Å². The Bertz CT molecular complexity index is 1280. The molecular formula is C44H80N8O2. The molecule has 54 heavy (non-hydrogen) atoms. The molecule has 0 bridgehead atoms. The minimum atomic E-state index is 0.409. The van der Waals surface area contributed by atoms with Crippen LogP contribution in [0.2, 0.25) is 0 Å². The summed E-state index contributed by atoms with van der Waals surface area (Å²) in [6.07, 6.45) is 17.8. The second kappa shape index (κ2) is 21.1. The molecule has 0 radical (unpaired) electrons. The van der Waals surface area contributed by atoms with Gasteiger partial charge in [-0.2, -0.15) is 10.2 Å². The summed E-state index contributed by atoms with van der Waals surface area (Å²) in [4.78, 5) is 4.82. The van der Waals surface area contributed by atoms with Crippen LogP contribution in [0.25, 0.3) is 0 Å². The predicted molar refractivity (Wildman–Crippen MR) is 222 cm³/mol. The van der Waals surface area contributed by atoms with Gasteiger partial charge in [-0.1, -0.05) is 13.8 Å². The summed E-state index contributed by atoms with van der Waals surface area (Å²) in [6.45, 7) is 20.8. The quantitative estimate of drug-likeness (QED) is 0.148. The van der Waals surface area contributed by atoms with Gasteiger partial charge in [-0.25, -0.2) is 0 Å². The molecule has 2 aromatic heterocycles. The summed E-state index contributed by atoms with van der Waals surface area (Å²) in [5, 5.41) is 16.6. The zero-order valence-electron chi connectivity index (χ0n) is 36.0. The normalized spacial score (nSPS) is 25.3. The molecule has 0 aromatic carbocycles. The van der Waals surface area contributed by atoms with Crippen LogP contribution in [-0.2, 0) is 48.5 Å². The maximum absolute atomic E-state index is 5.85. The van der Waals surface area contributed by atoms with Crippen LogP contribution in [0.4, 0.5) is 0 Å². The van der Waals surface area contributed by atoms with Gasteiger partial charge in [0.2, 0.25) is 0 Å². The van der Waals surface area contributed by atoms with Crippen molar-refractivity contribution in [1.82, 2.24) is 40.0 Å². The van der Waals surface area contributed by atoms with Gasteiger partial charge in [0.1, 0.15) is 0 Å². The van der Waals surface area contributed by atoms with Gasteiger partial charge in [0.15, 0.2) is 0 Å². The zero-order valence-corrected chi connectivity index (χ0v) is 36.0. The number of hydrogen-bond donors (Lipinski definition) is 2. The summed E-state index contributed by atoms with van der Waals surface area (Å²) >= 11 is 0. The Morgan fingerprint density at radius 1 is 0.648 bits per heavy atom. The number of nitrogens with zero attached hydrogens (tertiary/aromatic N) is 6. The van der Waals surface area contributed by atoms with E-state index in [1.807, 2.05) is 14.1 Å². The van der Waals surface area contributed by atoms with Gasteiger partial charge in [0, 0.05) is 88.1 Å². The molecule has 2 N–H and O–H groups in total. The summed E-state index contributed by atoms with van der Waals surface area (Å²) in [5.74, 6) is 1.39. The number of nitrogens with one attached hydrogen (secondary N) is 2. The van der Waals surface area contributed by atoms with E-state index in [-0.39, 0.29) is 0 Å². The molecule has 2 fully saturated rings. The number of fused-ring (bicyclic) bond motifs is 2. The predicted octanol–water partition coefficient (Wildman–Crippen LogP) is 7.14. The maximum Gasteiger partial charge on any atom is 0.0802 e. The Kier molecular flexibility index (Phi) is 16.9. The average Bonchev–Trinajstić information content (AvgIpc) is 3.98. The molecule has 0 atom stereocenters. The van der Waals surface area contributed by atoms with Crippen molar-refractivity contribution >= 4 is 0 Å². The largest absolute Gasteiger partial charge is 0.381 e. The molecular weight excluding hydrogens is 673 g/mol. The third-order valence-corrected chi connectivity index (χ3v) is 13.9. The molecule has 10 heteroatoms. The van der Waals surface area contributed by atoms with E-state index >= 15 is 0 Å². The van der Waals surface area contributed by atoms with Crippen molar-refractivity contribution in [3.63, 3.8) is 0 Å². The van der Waals surface area contributed by atoms with E-state index in [2.05, 4.69) is 71.6 Å². The van der Waals surface area contributed by atoms with Gasteiger partial charge >= 0.3 is 0 Å². The lowest BCUT2D eigenvalue weighted by Gasteiger charge is -2.40. The van der Waals surface area contributed by atoms with E-state index in [1.54, 1.807) is 22.5 Å². The van der Waals surface area contributed by atoms with Gasteiger partial charge in [0.05, 0.1) is 24.6 Å². The topological polar surface area (TPSA) is 84.6 Å². The van der Waals surface area contributed by atoms with E-state index in [0.717, 1.165) is 78.8 Å². The minimum Gasteiger partial charge on any atom is -0.381 e.